The number of benzene rings is 1. The Morgan fingerprint density at radius 2 is 1.76 bits per heavy atom. The van der Waals surface area contributed by atoms with Crippen LogP contribution in [0.4, 0.5) is 4.39 Å². The van der Waals surface area contributed by atoms with Crippen LogP contribution in [0.5, 0.6) is 11.5 Å². The molecule has 0 aliphatic heterocycles. The third-order valence-electron chi connectivity index (χ3n) is 9.79. The minimum atomic E-state index is -1.07. The molecule has 1 aromatic carbocycles. The highest BCUT2D eigenvalue weighted by Crippen LogP contribution is 2.63. The summed E-state index contributed by atoms with van der Waals surface area (Å²) in [7, 11) is 1.48. The van der Waals surface area contributed by atoms with Crippen molar-refractivity contribution in [3.63, 3.8) is 0 Å². The Morgan fingerprint density at radius 1 is 1.05 bits per heavy atom. The number of hydrogen-bond acceptors (Lipinski definition) is 5. The van der Waals surface area contributed by atoms with Gasteiger partial charge in [-0.3, -0.25) is 9.59 Å². The molecule has 1 aromatic rings. The number of amides is 2. The number of hydrogen-bond donors (Lipinski definition) is 2. The normalized spacial score (nSPS) is 39.1. The van der Waals surface area contributed by atoms with Crippen molar-refractivity contribution in [1.29, 1.82) is 5.26 Å². The van der Waals surface area contributed by atoms with Crippen LogP contribution in [0.15, 0.2) is 12.1 Å². The Balaban J connectivity index is 1.20. The van der Waals surface area contributed by atoms with Crippen molar-refractivity contribution in [2.45, 2.75) is 94.5 Å². The standard InChI is InChI=1S/C29H36FN3O4/c1-16-3-7-20(8-4-16)37-22-11-21(23(36-2)10-19(22)12-31)26(34)32-25-18-6-5-17(9-18)24(25)27(35)33-29-13-28(30,14-29)15-29/h10-11,16-18,20,24-25H,3-9,13-15H2,1-2H3,(H,32,34)(H,33,35)/t16?,17-,18+,20?,24+,25-,28?,29?/m1/s1. The van der Waals surface area contributed by atoms with Gasteiger partial charge in [-0.25, -0.2) is 4.39 Å². The van der Waals surface area contributed by atoms with Gasteiger partial charge in [0, 0.05) is 36.9 Å². The van der Waals surface area contributed by atoms with E-state index in [-0.39, 0.29) is 47.3 Å². The number of nitriles is 1. The minimum absolute atomic E-state index is 0.0201. The number of methoxy groups -OCH3 is 1. The zero-order valence-electron chi connectivity index (χ0n) is 21.6. The van der Waals surface area contributed by atoms with Gasteiger partial charge in [0.05, 0.1) is 30.3 Å². The van der Waals surface area contributed by atoms with Crippen molar-refractivity contribution in [1.82, 2.24) is 10.6 Å². The molecule has 6 fully saturated rings. The quantitative estimate of drug-likeness (QED) is 0.566. The molecule has 4 atom stereocenters. The fourth-order valence-corrected chi connectivity index (χ4v) is 7.86. The number of carbonyl (C=O) groups is 2. The first-order valence-corrected chi connectivity index (χ1v) is 13.8. The van der Waals surface area contributed by atoms with Crippen molar-refractivity contribution in [2.75, 3.05) is 7.11 Å². The zero-order chi connectivity index (χ0) is 25.9. The fraction of sp³-hybridized carbons (Fsp3) is 0.690. The number of rotatable bonds is 7. The second kappa shape index (κ2) is 8.89. The van der Waals surface area contributed by atoms with Crippen LogP contribution in [-0.4, -0.2) is 42.3 Å². The third-order valence-corrected chi connectivity index (χ3v) is 9.79. The lowest BCUT2D eigenvalue weighted by atomic mass is 9.47. The van der Waals surface area contributed by atoms with E-state index in [0.717, 1.165) is 44.9 Å². The van der Waals surface area contributed by atoms with E-state index < -0.39 is 5.67 Å². The molecule has 2 N–H and O–H groups in total. The molecule has 37 heavy (non-hydrogen) atoms. The molecule has 6 aliphatic rings. The molecule has 7 rings (SSSR count). The van der Waals surface area contributed by atoms with Crippen LogP contribution in [0.1, 0.15) is 87.1 Å². The molecule has 7 nitrogen and oxygen atoms in total. The van der Waals surface area contributed by atoms with Gasteiger partial charge in [-0.15, -0.1) is 0 Å². The molecular weight excluding hydrogens is 473 g/mol. The van der Waals surface area contributed by atoms with E-state index in [9.17, 15) is 19.2 Å². The summed E-state index contributed by atoms with van der Waals surface area (Å²) >= 11 is 0. The number of halogens is 1. The van der Waals surface area contributed by atoms with E-state index in [1.54, 1.807) is 12.1 Å². The number of ether oxygens (including phenoxy) is 2. The molecule has 0 aromatic heterocycles. The molecule has 8 heteroatoms. The Hall–Kier alpha value is -2.82. The van der Waals surface area contributed by atoms with Crippen molar-refractivity contribution in [2.24, 2.45) is 23.7 Å². The van der Waals surface area contributed by atoms with Crippen molar-refractivity contribution in [3.05, 3.63) is 23.3 Å². The smallest absolute Gasteiger partial charge is 0.255 e. The summed E-state index contributed by atoms with van der Waals surface area (Å²) < 4.78 is 25.7. The second-order valence-electron chi connectivity index (χ2n) is 12.5. The van der Waals surface area contributed by atoms with Crippen molar-refractivity contribution >= 4 is 11.8 Å². The first-order chi connectivity index (χ1) is 17.7. The van der Waals surface area contributed by atoms with E-state index in [0.29, 0.717) is 47.8 Å². The molecule has 6 aliphatic carbocycles. The summed E-state index contributed by atoms with van der Waals surface area (Å²) in [6, 6.07) is 5.09. The second-order valence-corrected chi connectivity index (χ2v) is 12.5. The molecule has 6 saturated carbocycles. The average Bonchev–Trinajstić information content (AvgIpc) is 3.45. The lowest BCUT2D eigenvalue weighted by Crippen LogP contribution is -2.77. The molecule has 0 spiro atoms. The van der Waals surface area contributed by atoms with Crippen LogP contribution in [0, 0.1) is 35.0 Å². The summed E-state index contributed by atoms with van der Waals surface area (Å²) in [6.07, 6.45) is 8.14. The SMILES string of the molecule is COc1cc(C#N)c(OC2CCC(C)CC2)cc1C(=O)N[C@@H]1[C@H]2CC[C@H](C2)[C@@H]1C(=O)NC12CC(F)(C1)C2. The van der Waals surface area contributed by atoms with Crippen LogP contribution in [0.2, 0.25) is 0 Å². The fourth-order valence-electron chi connectivity index (χ4n) is 7.86. The predicted molar refractivity (Wildman–Crippen MR) is 134 cm³/mol. The maximum absolute atomic E-state index is 14.0. The highest BCUT2D eigenvalue weighted by Gasteiger charge is 2.70. The lowest BCUT2D eigenvalue weighted by molar-refractivity contribution is -0.177. The van der Waals surface area contributed by atoms with Crippen LogP contribution < -0.4 is 20.1 Å². The summed E-state index contributed by atoms with van der Waals surface area (Å²) in [5.74, 6) is 1.17. The van der Waals surface area contributed by atoms with Gasteiger partial charge < -0.3 is 20.1 Å². The summed E-state index contributed by atoms with van der Waals surface area (Å²) in [4.78, 5) is 26.9. The van der Waals surface area contributed by atoms with Gasteiger partial charge in [-0.2, -0.15) is 5.26 Å². The van der Waals surface area contributed by atoms with Crippen LogP contribution in [0.25, 0.3) is 0 Å². The molecule has 0 heterocycles. The van der Waals surface area contributed by atoms with Gasteiger partial charge in [0.15, 0.2) is 0 Å². The first kappa shape index (κ1) is 24.5. The van der Waals surface area contributed by atoms with Crippen LogP contribution >= 0.6 is 0 Å². The van der Waals surface area contributed by atoms with Gasteiger partial charge >= 0.3 is 0 Å². The number of alkyl halides is 1. The number of fused-ring (bicyclic) bond motifs is 2. The molecule has 4 bridgehead atoms. The maximum Gasteiger partial charge on any atom is 0.255 e. The van der Waals surface area contributed by atoms with E-state index in [2.05, 4.69) is 23.6 Å². The number of nitrogens with one attached hydrogen (secondary N) is 2. The Bertz CT molecular complexity index is 1130. The molecule has 0 unspecified atom stereocenters. The van der Waals surface area contributed by atoms with E-state index in [1.807, 2.05) is 0 Å². The summed E-state index contributed by atoms with van der Waals surface area (Å²) in [6.45, 7) is 2.24. The lowest BCUT2D eigenvalue weighted by Gasteiger charge is -2.66. The van der Waals surface area contributed by atoms with Crippen LogP contribution in [0.3, 0.4) is 0 Å². The summed E-state index contributed by atoms with van der Waals surface area (Å²) in [5, 5.41) is 16.0. The number of carbonyl (C=O) groups excluding carboxylic acids is 2. The zero-order valence-corrected chi connectivity index (χ0v) is 21.6. The Labute approximate surface area is 217 Å². The predicted octanol–water partition coefficient (Wildman–Crippen LogP) is 4.43. The van der Waals surface area contributed by atoms with Gasteiger partial charge in [0.25, 0.3) is 5.91 Å². The van der Waals surface area contributed by atoms with Gasteiger partial charge in [0.2, 0.25) is 5.91 Å². The third kappa shape index (κ3) is 4.24. The first-order valence-electron chi connectivity index (χ1n) is 13.8. The van der Waals surface area contributed by atoms with Gasteiger partial charge in [-0.1, -0.05) is 6.92 Å². The average molecular weight is 510 g/mol. The maximum atomic E-state index is 14.0. The molecule has 0 radical (unpaired) electrons. The van der Waals surface area contributed by atoms with Gasteiger partial charge in [0.1, 0.15) is 23.2 Å². The number of nitrogens with zero attached hydrogens (tertiary/aromatic N) is 1. The van der Waals surface area contributed by atoms with Crippen molar-refractivity contribution < 1.29 is 23.5 Å². The van der Waals surface area contributed by atoms with Crippen molar-refractivity contribution in [3.8, 4) is 17.6 Å². The van der Waals surface area contributed by atoms with Crippen LogP contribution in [-0.2, 0) is 4.79 Å². The topological polar surface area (TPSA) is 100 Å². The molecule has 198 valence electrons. The van der Waals surface area contributed by atoms with E-state index >= 15 is 0 Å². The monoisotopic (exact) mass is 509 g/mol. The largest absolute Gasteiger partial charge is 0.496 e. The van der Waals surface area contributed by atoms with E-state index in [4.69, 9.17) is 9.47 Å². The molecule has 2 amide bonds. The highest BCUT2D eigenvalue weighted by molar-refractivity contribution is 5.98. The summed E-state index contributed by atoms with van der Waals surface area (Å²) in [5.41, 5.74) is -0.797. The highest BCUT2D eigenvalue weighted by atomic mass is 19.1. The Kier molecular flexibility index (Phi) is 5.89. The van der Waals surface area contributed by atoms with E-state index in [1.165, 1.54) is 7.11 Å². The minimum Gasteiger partial charge on any atom is -0.496 e. The van der Waals surface area contributed by atoms with Gasteiger partial charge in [-0.05, 0) is 68.8 Å². The Morgan fingerprint density at radius 3 is 2.41 bits per heavy atom. The molecular formula is C29H36FN3O4. The molecule has 0 saturated heterocycles.